The molecular weight excluding hydrogens is 196 g/mol. The number of hydrogen-bond acceptors (Lipinski definition) is 2. The first kappa shape index (κ1) is 12.4. The number of rotatable bonds is 3. The largest absolute Gasteiger partial charge is 0.311 e. The monoisotopic (exact) mass is 224 g/mol. The first-order valence-electron chi connectivity index (χ1n) is 6.99. The van der Waals surface area contributed by atoms with E-state index in [4.69, 9.17) is 0 Å². The highest BCUT2D eigenvalue weighted by Crippen LogP contribution is 2.38. The van der Waals surface area contributed by atoms with Gasteiger partial charge in [0.05, 0.1) is 0 Å². The Morgan fingerprint density at radius 1 is 1.12 bits per heavy atom. The molecule has 16 heavy (non-hydrogen) atoms. The molecule has 1 heterocycles. The van der Waals surface area contributed by atoms with Crippen molar-refractivity contribution in [1.29, 1.82) is 0 Å². The summed E-state index contributed by atoms with van der Waals surface area (Å²) in [5.74, 6) is 2.46. The zero-order valence-corrected chi connectivity index (χ0v) is 11.5. The summed E-state index contributed by atoms with van der Waals surface area (Å²) in [7, 11) is 0. The van der Waals surface area contributed by atoms with E-state index in [-0.39, 0.29) is 0 Å². The zero-order chi connectivity index (χ0) is 11.9. The Morgan fingerprint density at radius 3 is 2.19 bits per heavy atom. The average molecular weight is 224 g/mol. The molecule has 4 unspecified atom stereocenters. The molecule has 0 radical (unpaired) electrons. The van der Waals surface area contributed by atoms with Crippen LogP contribution < -0.4 is 5.32 Å². The van der Waals surface area contributed by atoms with E-state index < -0.39 is 0 Å². The van der Waals surface area contributed by atoms with E-state index >= 15 is 0 Å². The maximum absolute atomic E-state index is 3.74. The molecule has 1 aliphatic heterocycles. The van der Waals surface area contributed by atoms with Gasteiger partial charge in [0, 0.05) is 31.2 Å². The van der Waals surface area contributed by atoms with Gasteiger partial charge in [-0.25, -0.2) is 0 Å². The van der Waals surface area contributed by atoms with Gasteiger partial charge in [-0.05, 0) is 24.2 Å². The summed E-state index contributed by atoms with van der Waals surface area (Å²) in [5.41, 5.74) is 0. The van der Waals surface area contributed by atoms with Crippen molar-refractivity contribution >= 4 is 0 Å². The molecule has 0 aromatic heterocycles. The standard InChI is InChI=1S/C14H28N2/c1-9(2)12-8-16(13-6-11(13)5)14(7-15-12)10(3)4/h9-15H,6-8H2,1-5H3. The van der Waals surface area contributed by atoms with Gasteiger partial charge < -0.3 is 5.32 Å². The second-order valence-electron chi connectivity index (χ2n) is 6.55. The van der Waals surface area contributed by atoms with Crippen molar-refractivity contribution in [2.24, 2.45) is 17.8 Å². The van der Waals surface area contributed by atoms with Gasteiger partial charge in [-0.2, -0.15) is 0 Å². The quantitative estimate of drug-likeness (QED) is 0.791. The molecule has 2 fully saturated rings. The van der Waals surface area contributed by atoms with Crippen LogP contribution in [0.5, 0.6) is 0 Å². The summed E-state index contributed by atoms with van der Waals surface area (Å²) in [6.07, 6.45) is 1.42. The third-order valence-electron chi connectivity index (χ3n) is 4.49. The summed E-state index contributed by atoms with van der Waals surface area (Å²) < 4.78 is 0. The molecule has 2 nitrogen and oxygen atoms in total. The Morgan fingerprint density at radius 2 is 1.75 bits per heavy atom. The molecule has 2 rings (SSSR count). The molecule has 1 saturated carbocycles. The lowest BCUT2D eigenvalue weighted by Crippen LogP contribution is -2.60. The van der Waals surface area contributed by atoms with Crippen LogP contribution in [0.4, 0.5) is 0 Å². The molecule has 0 aromatic rings. The molecule has 4 atom stereocenters. The number of nitrogens with zero attached hydrogens (tertiary/aromatic N) is 1. The highest BCUT2D eigenvalue weighted by Gasteiger charge is 2.44. The van der Waals surface area contributed by atoms with Crippen molar-refractivity contribution in [3.63, 3.8) is 0 Å². The van der Waals surface area contributed by atoms with Crippen molar-refractivity contribution in [3.05, 3.63) is 0 Å². The van der Waals surface area contributed by atoms with Crippen LogP contribution in [-0.2, 0) is 0 Å². The van der Waals surface area contributed by atoms with E-state index in [1.54, 1.807) is 0 Å². The SMILES string of the molecule is CC(C)C1CN(C2CC2C)C(C(C)C)CN1. The van der Waals surface area contributed by atoms with Crippen LogP contribution in [0.15, 0.2) is 0 Å². The molecule has 0 aromatic carbocycles. The Labute approximate surface area is 101 Å². The van der Waals surface area contributed by atoms with Gasteiger partial charge in [0.25, 0.3) is 0 Å². The fourth-order valence-electron chi connectivity index (χ4n) is 3.03. The van der Waals surface area contributed by atoms with Gasteiger partial charge in [0.1, 0.15) is 0 Å². The Kier molecular flexibility index (Phi) is 3.60. The predicted molar refractivity (Wildman–Crippen MR) is 69.5 cm³/mol. The van der Waals surface area contributed by atoms with Crippen LogP contribution in [0, 0.1) is 17.8 Å². The summed E-state index contributed by atoms with van der Waals surface area (Å²) in [5, 5.41) is 3.74. The van der Waals surface area contributed by atoms with E-state index in [9.17, 15) is 0 Å². The molecule has 0 amide bonds. The molecule has 94 valence electrons. The van der Waals surface area contributed by atoms with Crippen LogP contribution in [-0.4, -0.2) is 36.1 Å². The lowest BCUT2D eigenvalue weighted by Gasteiger charge is -2.44. The van der Waals surface area contributed by atoms with Crippen molar-refractivity contribution in [1.82, 2.24) is 10.2 Å². The van der Waals surface area contributed by atoms with Crippen LogP contribution in [0.3, 0.4) is 0 Å². The smallest absolute Gasteiger partial charge is 0.0247 e. The van der Waals surface area contributed by atoms with E-state index in [2.05, 4.69) is 44.8 Å². The molecular formula is C14H28N2. The van der Waals surface area contributed by atoms with Crippen molar-refractivity contribution in [3.8, 4) is 0 Å². The van der Waals surface area contributed by atoms with Gasteiger partial charge in [0.2, 0.25) is 0 Å². The lowest BCUT2D eigenvalue weighted by molar-refractivity contribution is 0.0738. The number of hydrogen-bond donors (Lipinski definition) is 1. The third kappa shape index (κ3) is 2.43. The number of piperazine rings is 1. The van der Waals surface area contributed by atoms with Crippen LogP contribution in [0.25, 0.3) is 0 Å². The molecule has 1 aliphatic carbocycles. The molecule has 2 heteroatoms. The van der Waals surface area contributed by atoms with Gasteiger partial charge in [0.15, 0.2) is 0 Å². The first-order chi connectivity index (χ1) is 7.50. The highest BCUT2D eigenvalue weighted by atomic mass is 15.3. The fourth-order valence-corrected chi connectivity index (χ4v) is 3.03. The topological polar surface area (TPSA) is 15.3 Å². The van der Waals surface area contributed by atoms with Crippen molar-refractivity contribution in [2.45, 2.75) is 59.2 Å². The van der Waals surface area contributed by atoms with Crippen LogP contribution >= 0.6 is 0 Å². The minimum atomic E-state index is 0.697. The molecule has 0 bridgehead atoms. The maximum atomic E-state index is 3.74. The van der Waals surface area contributed by atoms with Crippen molar-refractivity contribution in [2.75, 3.05) is 13.1 Å². The van der Waals surface area contributed by atoms with E-state index in [1.165, 1.54) is 19.5 Å². The van der Waals surface area contributed by atoms with Crippen LogP contribution in [0.1, 0.15) is 41.0 Å². The molecule has 0 spiro atoms. The Bertz CT molecular complexity index is 237. The van der Waals surface area contributed by atoms with E-state index in [0.29, 0.717) is 6.04 Å². The van der Waals surface area contributed by atoms with Gasteiger partial charge in [-0.15, -0.1) is 0 Å². The Hall–Kier alpha value is -0.0800. The second-order valence-corrected chi connectivity index (χ2v) is 6.55. The minimum Gasteiger partial charge on any atom is -0.311 e. The second kappa shape index (κ2) is 4.66. The van der Waals surface area contributed by atoms with E-state index in [1.807, 2.05) is 0 Å². The molecule has 1 N–H and O–H groups in total. The third-order valence-corrected chi connectivity index (χ3v) is 4.49. The summed E-state index contributed by atoms with van der Waals surface area (Å²) in [6, 6.07) is 2.34. The summed E-state index contributed by atoms with van der Waals surface area (Å²) >= 11 is 0. The summed E-state index contributed by atoms with van der Waals surface area (Å²) in [4.78, 5) is 2.80. The summed E-state index contributed by atoms with van der Waals surface area (Å²) in [6.45, 7) is 14.2. The Balaban J connectivity index is 2.01. The normalized spacial score (nSPS) is 40.7. The molecule has 1 saturated heterocycles. The fraction of sp³-hybridized carbons (Fsp3) is 1.00. The van der Waals surface area contributed by atoms with Crippen LogP contribution in [0.2, 0.25) is 0 Å². The zero-order valence-electron chi connectivity index (χ0n) is 11.5. The molecule has 2 aliphatic rings. The van der Waals surface area contributed by atoms with E-state index in [0.717, 1.165) is 29.8 Å². The van der Waals surface area contributed by atoms with Gasteiger partial charge in [-0.1, -0.05) is 34.6 Å². The van der Waals surface area contributed by atoms with Gasteiger partial charge >= 0.3 is 0 Å². The van der Waals surface area contributed by atoms with Gasteiger partial charge in [-0.3, -0.25) is 4.90 Å². The highest BCUT2D eigenvalue weighted by molar-refractivity contribution is 5.00. The van der Waals surface area contributed by atoms with Crippen molar-refractivity contribution < 1.29 is 0 Å². The maximum Gasteiger partial charge on any atom is 0.0247 e. The predicted octanol–water partition coefficient (Wildman–Crippen LogP) is 2.35. The first-order valence-corrected chi connectivity index (χ1v) is 6.99. The lowest BCUT2D eigenvalue weighted by atomic mass is 9.94. The minimum absolute atomic E-state index is 0.697. The average Bonchev–Trinajstić information content (AvgIpc) is 2.94. The number of nitrogens with one attached hydrogen (secondary N) is 1.